The number of rotatable bonds is 3. The van der Waals surface area contributed by atoms with Crippen LogP contribution in [-0.2, 0) is 11.3 Å². The van der Waals surface area contributed by atoms with Gasteiger partial charge in [-0.2, -0.15) is 0 Å². The first-order valence-corrected chi connectivity index (χ1v) is 5.77. The molecule has 17 heavy (non-hydrogen) atoms. The Labute approximate surface area is 106 Å². The summed E-state index contributed by atoms with van der Waals surface area (Å²) in [5, 5.41) is 5.61. The Kier molecular flexibility index (Phi) is 5.42. The second-order valence-electron chi connectivity index (χ2n) is 3.81. The van der Waals surface area contributed by atoms with Crippen LogP contribution >= 0.6 is 12.2 Å². The zero-order chi connectivity index (χ0) is 12.7. The molecule has 0 bridgehead atoms. The lowest BCUT2D eigenvalue weighted by molar-refractivity contribution is 0.145. The molecular weight excluding hydrogens is 236 g/mol. The van der Waals surface area contributed by atoms with Crippen LogP contribution in [0.1, 0.15) is 19.4 Å². The van der Waals surface area contributed by atoms with Crippen LogP contribution < -0.4 is 10.6 Å². The topological polar surface area (TPSA) is 50.4 Å². The van der Waals surface area contributed by atoms with Gasteiger partial charge in [0.1, 0.15) is 6.61 Å². The molecule has 0 unspecified atom stereocenters. The Morgan fingerprint density at radius 1 is 1.35 bits per heavy atom. The fourth-order valence-corrected chi connectivity index (χ4v) is 1.47. The van der Waals surface area contributed by atoms with Crippen LogP contribution in [0.4, 0.5) is 4.79 Å². The van der Waals surface area contributed by atoms with Crippen molar-refractivity contribution in [3.63, 3.8) is 0 Å². The van der Waals surface area contributed by atoms with Crippen molar-refractivity contribution < 1.29 is 9.53 Å². The standard InChI is InChI=1S/C12H16N2O2S/c1-9(2)13-11(17)14-12(15)16-8-10-6-4-3-5-7-10/h3-7,9H,8H2,1-2H3,(H2,13,14,15,17). The van der Waals surface area contributed by atoms with E-state index in [0.717, 1.165) is 5.56 Å². The summed E-state index contributed by atoms with van der Waals surface area (Å²) in [5.41, 5.74) is 0.936. The summed E-state index contributed by atoms with van der Waals surface area (Å²) >= 11 is 4.91. The summed E-state index contributed by atoms with van der Waals surface area (Å²) in [6.45, 7) is 4.10. The van der Waals surface area contributed by atoms with Crippen molar-refractivity contribution in [1.29, 1.82) is 0 Å². The maximum Gasteiger partial charge on any atom is 0.413 e. The first-order valence-electron chi connectivity index (χ1n) is 5.36. The Morgan fingerprint density at radius 3 is 2.59 bits per heavy atom. The van der Waals surface area contributed by atoms with E-state index in [4.69, 9.17) is 17.0 Å². The van der Waals surface area contributed by atoms with Gasteiger partial charge in [0.25, 0.3) is 0 Å². The van der Waals surface area contributed by atoms with Crippen LogP contribution in [0.25, 0.3) is 0 Å². The van der Waals surface area contributed by atoms with Gasteiger partial charge in [-0.05, 0) is 31.6 Å². The van der Waals surface area contributed by atoms with Gasteiger partial charge in [-0.3, -0.25) is 5.32 Å². The molecule has 1 aromatic rings. The minimum absolute atomic E-state index is 0.178. The fourth-order valence-electron chi connectivity index (χ4n) is 1.15. The molecule has 0 saturated heterocycles. The zero-order valence-electron chi connectivity index (χ0n) is 9.90. The molecule has 0 saturated carbocycles. The van der Waals surface area contributed by atoms with E-state index in [1.807, 2.05) is 44.2 Å². The molecule has 0 atom stereocenters. The predicted molar refractivity (Wildman–Crippen MR) is 70.6 cm³/mol. The maximum absolute atomic E-state index is 11.3. The molecule has 0 aromatic heterocycles. The molecular formula is C12H16N2O2S. The highest BCUT2D eigenvalue weighted by atomic mass is 32.1. The normalized spacial score (nSPS) is 9.82. The predicted octanol–water partition coefficient (Wildman–Crippen LogP) is 2.20. The lowest BCUT2D eigenvalue weighted by atomic mass is 10.2. The van der Waals surface area contributed by atoms with E-state index >= 15 is 0 Å². The number of thiocarbonyl (C=S) groups is 1. The SMILES string of the molecule is CC(C)NC(=S)NC(=O)OCc1ccccc1. The molecule has 0 radical (unpaired) electrons. The highest BCUT2D eigenvalue weighted by Crippen LogP contribution is 2.00. The highest BCUT2D eigenvalue weighted by Gasteiger charge is 2.06. The molecule has 92 valence electrons. The minimum Gasteiger partial charge on any atom is -0.444 e. The van der Waals surface area contributed by atoms with Crippen molar-refractivity contribution in [3.05, 3.63) is 35.9 Å². The Bertz CT molecular complexity index is 379. The van der Waals surface area contributed by atoms with Crippen LogP contribution in [0, 0.1) is 0 Å². The van der Waals surface area contributed by atoms with Crippen LogP contribution in [0.15, 0.2) is 30.3 Å². The average molecular weight is 252 g/mol. The van der Waals surface area contributed by atoms with Gasteiger partial charge >= 0.3 is 6.09 Å². The van der Waals surface area contributed by atoms with Crippen LogP contribution in [0.2, 0.25) is 0 Å². The van der Waals surface area contributed by atoms with Crippen molar-refractivity contribution in [2.75, 3.05) is 0 Å². The molecule has 0 fully saturated rings. The summed E-state index contributed by atoms with van der Waals surface area (Å²) < 4.78 is 5.00. The molecule has 0 heterocycles. The zero-order valence-corrected chi connectivity index (χ0v) is 10.7. The molecule has 0 aliphatic rings. The number of hydrogen-bond donors (Lipinski definition) is 2. The van der Waals surface area contributed by atoms with Crippen molar-refractivity contribution >= 4 is 23.4 Å². The number of hydrogen-bond acceptors (Lipinski definition) is 3. The Balaban J connectivity index is 2.28. The summed E-state index contributed by atoms with van der Waals surface area (Å²) in [5.74, 6) is 0. The molecule has 4 nitrogen and oxygen atoms in total. The van der Waals surface area contributed by atoms with Gasteiger partial charge in [0.05, 0.1) is 0 Å². The third-order valence-electron chi connectivity index (χ3n) is 1.85. The molecule has 5 heteroatoms. The molecule has 1 aromatic carbocycles. The summed E-state index contributed by atoms with van der Waals surface area (Å²) in [6, 6.07) is 9.64. The van der Waals surface area contributed by atoms with E-state index in [2.05, 4.69) is 10.6 Å². The van der Waals surface area contributed by atoms with Gasteiger partial charge < -0.3 is 10.1 Å². The molecule has 1 amide bonds. The monoisotopic (exact) mass is 252 g/mol. The van der Waals surface area contributed by atoms with Gasteiger partial charge in [-0.1, -0.05) is 30.3 Å². The second kappa shape index (κ2) is 6.85. The quantitative estimate of drug-likeness (QED) is 0.810. The fraction of sp³-hybridized carbons (Fsp3) is 0.333. The lowest BCUT2D eigenvalue weighted by Gasteiger charge is -2.12. The smallest absolute Gasteiger partial charge is 0.413 e. The van der Waals surface area contributed by atoms with Gasteiger partial charge in [0.2, 0.25) is 0 Å². The van der Waals surface area contributed by atoms with Crippen molar-refractivity contribution in [2.24, 2.45) is 0 Å². The van der Waals surface area contributed by atoms with E-state index in [9.17, 15) is 4.79 Å². The first kappa shape index (κ1) is 13.4. The van der Waals surface area contributed by atoms with Crippen molar-refractivity contribution in [1.82, 2.24) is 10.6 Å². The van der Waals surface area contributed by atoms with E-state index in [-0.39, 0.29) is 17.8 Å². The molecule has 2 N–H and O–H groups in total. The second-order valence-corrected chi connectivity index (χ2v) is 4.22. The maximum atomic E-state index is 11.3. The average Bonchev–Trinajstić information content (AvgIpc) is 2.26. The minimum atomic E-state index is -0.549. The largest absolute Gasteiger partial charge is 0.444 e. The lowest BCUT2D eigenvalue weighted by Crippen LogP contribution is -2.42. The third-order valence-corrected chi connectivity index (χ3v) is 2.07. The highest BCUT2D eigenvalue weighted by molar-refractivity contribution is 7.80. The number of nitrogens with one attached hydrogen (secondary N) is 2. The number of carbonyl (C=O) groups excluding carboxylic acids is 1. The number of carbonyl (C=O) groups is 1. The first-order chi connectivity index (χ1) is 8.08. The van der Waals surface area contributed by atoms with E-state index < -0.39 is 6.09 Å². The molecule has 0 spiro atoms. The number of ether oxygens (including phenoxy) is 1. The van der Waals surface area contributed by atoms with Crippen LogP contribution in [0.3, 0.4) is 0 Å². The number of amides is 1. The van der Waals surface area contributed by atoms with Crippen LogP contribution in [0.5, 0.6) is 0 Å². The molecule has 1 rings (SSSR count). The summed E-state index contributed by atoms with van der Waals surface area (Å²) in [4.78, 5) is 11.3. The Hall–Kier alpha value is -1.62. The molecule has 0 aliphatic heterocycles. The third kappa shape index (κ3) is 5.87. The number of alkyl carbamates (subject to hydrolysis) is 1. The van der Waals surface area contributed by atoms with Gasteiger partial charge in [0.15, 0.2) is 5.11 Å². The number of benzene rings is 1. The van der Waals surface area contributed by atoms with Gasteiger partial charge in [0, 0.05) is 6.04 Å². The summed E-state index contributed by atoms with van der Waals surface area (Å²) in [7, 11) is 0. The summed E-state index contributed by atoms with van der Waals surface area (Å²) in [6.07, 6.45) is -0.549. The van der Waals surface area contributed by atoms with Gasteiger partial charge in [-0.25, -0.2) is 4.79 Å². The van der Waals surface area contributed by atoms with E-state index in [0.29, 0.717) is 0 Å². The van der Waals surface area contributed by atoms with Crippen molar-refractivity contribution in [3.8, 4) is 0 Å². The van der Waals surface area contributed by atoms with E-state index in [1.54, 1.807) is 0 Å². The van der Waals surface area contributed by atoms with Gasteiger partial charge in [-0.15, -0.1) is 0 Å². The van der Waals surface area contributed by atoms with Crippen LogP contribution in [-0.4, -0.2) is 17.2 Å². The van der Waals surface area contributed by atoms with Crippen molar-refractivity contribution in [2.45, 2.75) is 26.5 Å². The van der Waals surface area contributed by atoms with E-state index in [1.165, 1.54) is 0 Å². The molecule has 0 aliphatic carbocycles. The Morgan fingerprint density at radius 2 is 2.00 bits per heavy atom.